The third-order valence-electron chi connectivity index (χ3n) is 3.61. The summed E-state index contributed by atoms with van der Waals surface area (Å²) in [5.74, 6) is -0.364. The molecule has 1 amide bonds. The number of rotatable bonds is 2. The molecule has 0 bridgehead atoms. The number of halogens is 1. The Morgan fingerprint density at radius 3 is 2.61 bits per heavy atom. The Bertz CT molecular complexity index is 708. The maximum absolute atomic E-state index is 11.9. The number of ether oxygens (including phenoxy) is 1. The number of nitrogens with zero attached hydrogens (tertiary/aromatic N) is 3. The van der Waals surface area contributed by atoms with Gasteiger partial charge >= 0.3 is 12.1 Å². The average molecular weight is 336 g/mol. The summed E-state index contributed by atoms with van der Waals surface area (Å²) < 4.78 is 5.17. The zero-order chi connectivity index (χ0) is 16.4. The van der Waals surface area contributed by atoms with Gasteiger partial charge in [-0.05, 0) is 12.1 Å². The van der Waals surface area contributed by atoms with E-state index in [0.717, 1.165) is 0 Å². The lowest BCUT2D eigenvalue weighted by molar-refractivity contribution is -0.130. The van der Waals surface area contributed by atoms with Gasteiger partial charge in [-0.3, -0.25) is 0 Å². The van der Waals surface area contributed by atoms with Crippen LogP contribution in [-0.4, -0.2) is 59.0 Å². The molecule has 120 valence electrons. The van der Waals surface area contributed by atoms with Crippen LogP contribution in [0.2, 0.25) is 5.02 Å². The van der Waals surface area contributed by atoms with Gasteiger partial charge in [-0.25, -0.2) is 14.6 Å². The highest BCUT2D eigenvalue weighted by molar-refractivity contribution is 6.34. The summed E-state index contributed by atoms with van der Waals surface area (Å²) in [5, 5.41) is 9.38. The minimum atomic E-state index is -0.934. The molecule has 23 heavy (non-hydrogen) atoms. The molecule has 2 aliphatic rings. The van der Waals surface area contributed by atoms with Crippen LogP contribution >= 0.6 is 11.6 Å². The SMILES string of the molecule is O=C1OC(c2ccccc2Cl)=N/C1=C/N1CCN(C(=O)O)CC1. The molecule has 0 spiro atoms. The summed E-state index contributed by atoms with van der Waals surface area (Å²) in [7, 11) is 0. The Kier molecular flexibility index (Phi) is 4.20. The van der Waals surface area contributed by atoms with Crippen LogP contribution in [0.3, 0.4) is 0 Å². The predicted molar refractivity (Wildman–Crippen MR) is 83.3 cm³/mol. The summed E-state index contributed by atoms with van der Waals surface area (Å²) >= 11 is 6.07. The number of piperazine rings is 1. The van der Waals surface area contributed by atoms with Gasteiger partial charge < -0.3 is 19.6 Å². The fourth-order valence-corrected chi connectivity index (χ4v) is 2.58. The van der Waals surface area contributed by atoms with Crippen LogP contribution in [0.25, 0.3) is 0 Å². The predicted octanol–water partition coefficient (Wildman–Crippen LogP) is 1.78. The van der Waals surface area contributed by atoms with Crippen molar-refractivity contribution in [2.75, 3.05) is 26.2 Å². The van der Waals surface area contributed by atoms with Crippen molar-refractivity contribution >= 4 is 29.6 Å². The second-order valence-electron chi connectivity index (χ2n) is 5.11. The fraction of sp³-hybridized carbons (Fsp3) is 0.267. The van der Waals surface area contributed by atoms with E-state index in [0.29, 0.717) is 36.8 Å². The second-order valence-corrected chi connectivity index (χ2v) is 5.51. The van der Waals surface area contributed by atoms with Crippen LogP contribution in [0.4, 0.5) is 4.79 Å². The highest BCUT2D eigenvalue weighted by atomic mass is 35.5. The van der Waals surface area contributed by atoms with Crippen molar-refractivity contribution in [1.29, 1.82) is 0 Å². The van der Waals surface area contributed by atoms with Crippen LogP contribution in [-0.2, 0) is 9.53 Å². The van der Waals surface area contributed by atoms with E-state index in [9.17, 15) is 9.59 Å². The van der Waals surface area contributed by atoms with Crippen molar-refractivity contribution in [3.05, 3.63) is 46.7 Å². The highest BCUT2D eigenvalue weighted by Gasteiger charge is 2.27. The van der Waals surface area contributed by atoms with Gasteiger partial charge in [0, 0.05) is 32.4 Å². The first-order valence-electron chi connectivity index (χ1n) is 7.04. The van der Waals surface area contributed by atoms with E-state index in [2.05, 4.69) is 4.99 Å². The monoisotopic (exact) mass is 335 g/mol. The number of amides is 1. The van der Waals surface area contributed by atoms with Gasteiger partial charge in [0.25, 0.3) is 0 Å². The first kappa shape index (κ1) is 15.4. The minimum Gasteiger partial charge on any atom is -0.465 e. The van der Waals surface area contributed by atoms with Gasteiger partial charge in [0.1, 0.15) is 0 Å². The Balaban J connectivity index is 1.75. The lowest BCUT2D eigenvalue weighted by Crippen LogP contribution is -2.46. The molecule has 1 N–H and O–H groups in total. The smallest absolute Gasteiger partial charge is 0.407 e. The summed E-state index contributed by atoms with van der Waals surface area (Å²) in [6, 6.07) is 6.98. The van der Waals surface area contributed by atoms with Gasteiger partial charge in [0.15, 0.2) is 5.70 Å². The molecular weight excluding hydrogens is 322 g/mol. The zero-order valence-corrected chi connectivity index (χ0v) is 12.9. The molecule has 0 aromatic heterocycles. The molecule has 8 heteroatoms. The van der Waals surface area contributed by atoms with E-state index in [1.165, 1.54) is 4.90 Å². The Labute approximate surface area is 137 Å². The van der Waals surface area contributed by atoms with Gasteiger partial charge in [-0.2, -0.15) is 0 Å². The van der Waals surface area contributed by atoms with E-state index < -0.39 is 12.1 Å². The maximum atomic E-state index is 11.9. The zero-order valence-electron chi connectivity index (χ0n) is 12.1. The number of carbonyl (C=O) groups excluding carboxylic acids is 1. The van der Waals surface area contributed by atoms with E-state index in [4.69, 9.17) is 21.4 Å². The van der Waals surface area contributed by atoms with Crippen LogP contribution < -0.4 is 0 Å². The fourth-order valence-electron chi connectivity index (χ4n) is 2.36. The number of esters is 1. The number of hydrogen-bond donors (Lipinski definition) is 1. The molecule has 3 rings (SSSR count). The van der Waals surface area contributed by atoms with E-state index >= 15 is 0 Å². The number of carboxylic acid groups (broad SMARTS) is 1. The largest absolute Gasteiger partial charge is 0.465 e. The molecule has 1 fully saturated rings. The molecule has 0 radical (unpaired) electrons. The highest BCUT2D eigenvalue weighted by Crippen LogP contribution is 2.22. The molecule has 2 aliphatic heterocycles. The van der Waals surface area contributed by atoms with Crippen molar-refractivity contribution in [3.8, 4) is 0 Å². The Morgan fingerprint density at radius 1 is 1.26 bits per heavy atom. The van der Waals surface area contributed by atoms with Crippen LogP contribution in [0, 0.1) is 0 Å². The van der Waals surface area contributed by atoms with Crippen LogP contribution in [0.5, 0.6) is 0 Å². The standard InChI is InChI=1S/C15H14ClN3O4/c16-11-4-2-1-3-10(11)13-17-12(14(20)23-13)9-18-5-7-19(8-6-18)15(21)22/h1-4,9H,5-8H2,(H,21,22)/b12-9+. The van der Waals surface area contributed by atoms with Crippen molar-refractivity contribution < 1.29 is 19.4 Å². The number of cyclic esters (lactones) is 1. The first-order chi connectivity index (χ1) is 11.0. The number of benzene rings is 1. The molecule has 1 saturated heterocycles. The Morgan fingerprint density at radius 2 is 1.96 bits per heavy atom. The van der Waals surface area contributed by atoms with Gasteiger partial charge in [0.05, 0.1) is 10.6 Å². The topological polar surface area (TPSA) is 82.4 Å². The number of carbonyl (C=O) groups is 2. The quantitative estimate of drug-likeness (QED) is 0.658. The average Bonchev–Trinajstić information content (AvgIpc) is 2.89. The lowest BCUT2D eigenvalue weighted by Gasteiger charge is -2.32. The third kappa shape index (κ3) is 3.29. The molecule has 0 unspecified atom stereocenters. The molecule has 1 aromatic rings. The van der Waals surface area contributed by atoms with Crippen molar-refractivity contribution in [3.63, 3.8) is 0 Å². The molecule has 0 atom stereocenters. The second kappa shape index (κ2) is 6.29. The minimum absolute atomic E-state index is 0.177. The maximum Gasteiger partial charge on any atom is 0.407 e. The molecule has 0 aliphatic carbocycles. The van der Waals surface area contributed by atoms with Crippen LogP contribution in [0.1, 0.15) is 5.56 Å². The third-order valence-corrected chi connectivity index (χ3v) is 3.94. The van der Waals surface area contributed by atoms with E-state index in [1.807, 2.05) is 4.90 Å². The summed E-state index contributed by atoms with van der Waals surface area (Å²) in [6.45, 7) is 1.77. The molecule has 0 saturated carbocycles. The van der Waals surface area contributed by atoms with Crippen molar-refractivity contribution in [1.82, 2.24) is 9.80 Å². The summed E-state index contributed by atoms with van der Waals surface area (Å²) in [6.07, 6.45) is 0.669. The van der Waals surface area contributed by atoms with E-state index in [1.54, 1.807) is 30.5 Å². The van der Waals surface area contributed by atoms with Gasteiger partial charge in [-0.15, -0.1) is 0 Å². The number of hydrogen-bond acceptors (Lipinski definition) is 5. The number of aliphatic imine (C=N–C) groups is 1. The van der Waals surface area contributed by atoms with Crippen molar-refractivity contribution in [2.45, 2.75) is 0 Å². The van der Waals surface area contributed by atoms with Gasteiger partial charge in [-0.1, -0.05) is 23.7 Å². The van der Waals surface area contributed by atoms with E-state index in [-0.39, 0.29) is 11.6 Å². The summed E-state index contributed by atoms with van der Waals surface area (Å²) in [5.41, 5.74) is 0.741. The summed E-state index contributed by atoms with van der Waals surface area (Å²) in [4.78, 5) is 30.2. The first-order valence-corrected chi connectivity index (χ1v) is 7.42. The normalized spacial score (nSPS) is 19.8. The molecule has 1 aromatic carbocycles. The molecular formula is C15H14ClN3O4. The lowest BCUT2D eigenvalue weighted by atomic mass is 10.2. The van der Waals surface area contributed by atoms with Crippen molar-refractivity contribution in [2.24, 2.45) is 4.99 Å². The molecule has 7 nitrogen and oxygen atoms in total. The Hall–Kier alpha value is -2.54. The van der Waals surface area contributed by atoms with Crippen LogP contribution in [0.15, 0.2) is 41.2 Å². The van der Waals surface area contributed by atoms with Gasteiger partial charge in [0.2, 0.25) is 5.90 Å². The molecule has 2 heterocycles.